The van der Waals surface area contributed by atoms with Crippen LogP contribution in [0.25, 0.3) is 0 Å². The van der Waals surface area contributed by atoms with Crippen LogP contribution in [0.5, 0.6) is 5.75 Å². The zero-order chi connectivity index (χ0) is 10.5. The normalized spacial score (nSPS) is 10.2. The van der Waals surface area contributed by atoms with E-state index in [1.165, 1.54) is 0 Å². The molecule has 0 unspecified atom stereocenters. The number of hydrogen-bond acceptors (Lipinski definition) is 4. The van der Waals surface area contributed by atoms with Gasteiger partial charge in [-0.25, -0.2) is 0 Å². The Kier molecular flexibility index (Phi) is 3.32. The monoisotopic (exact) mass is 221 g/mol. The minimum Gasteiger partial charge on any atom is -0.488 e. The van der Waals surface area contributed by atoms with Gasteiger partial charge in [0, 0.05) is 22.8 Å². The van der Waals surface area contributed by atoms with Crippen LogP contribution in [0.1, 0.15) is 10.4 Å². The molecule has 0 aliphatic heterocycles. The Bertz CT molecular complexity index is 414. The summed E-state index contributed by atoms with van der Waals surface area (Å²) in [6, 6.07) is 5.77. The third kappa shape index (κ3) is 2.55. The molecule has 0 aromatic carbocycles. The van der Waals surface area contributed by atoms with Crippen LogP contribution in [-0.2, 0) is 13.2 Å². The second-order valence-corrected chi connectivity index (χ2v) is 4.04. The van der Waals surface area contributed by atoms with Gasteiger partial charge in [-0.1, -0.05) is 6.07 Å². The van der Waals surface area contributed by atoms with Crippen molar-refractivity contribution in [1.82, 2.24) is 4.98 Å². The van der Waals surface area contributed by atoms with Crippen LogP contribution in [0.3, 0.4) is 0 Å². The molecule has 2 aromatic rings. The Balaban J connectivity index is 2.04. The van der Waals surface area contributed by atoms with Crippen LogP contribution >= 0.6 is 11.3 Å². The van der Waals surface area contributed by atoms with Gasteiger partial charge in [0.2, 0.25) is 0 Å². The Morgan fingerprint density at radius 3 is 3.07 bits per heavy atom. The van der Waals surface area contributed by atoms with Gasteiger partial charge in [0.15, 0.2) is 0 Å². The average molecular weight is 221 g/mol. The first-order valence-corrected chi connectivity index (χ1v) is 5.47. The molecule has 3 nitrogen and oxygen atoms in total. The first-order valence-electron chi connectivity index (χ1n) is 4.59. The molecule has 0 saturated carbocycles. The molecule has 0 radical (unpaired) electrons. The number of aliphatic hydroxyl groups is 1. The predicted octanol–water partition coefficient (Wildman–Crippen LogP) is 2.21. The van der Waals surface area contributed by atoms with Crippen molar-refractivity contribution in [2.75, 3.05) is 0 Å². The number of aromatic nitrogens is 1. The lowest BCUT2D eigenvalue weighted by molar-refractivity contribution is 0.259. The van der Waals surface area contributed by atoms with E-state index >= 15 is 0 Å². The molecule has 0 fully saturated rings. The average Bonchev–Trinajstić information content (AvgIpc) is 2.79. The molecule has 0 atom stereocenters. The van der Waals surface area contributed by atoms with E-state index in [1.54, 1.807) is 29.8 Å². The highest BCUT2D eigenvalue weighted by Crippen LogP contribution is 2.19. The summed E-state index contributed by atoms with van der Waals surface area (Å²) < 4.78 is 5.58. The van der Waals surface area contributed by atoms with Crippen molar-refractivity contribution in [1.29, 1.82) is 0 Å². The fourth-order valence-electron chi connectivity index (χ4n) is 1.22. The Morgan fingerprint density at radius 1 is 1.40 bits per heavy atom. The fraction of sp³-hybridized carbons (Fsp3) is 0.182. The second kappa shape index (κ2) is 4.91. The van der Waals surface area contributed by atoms with E-state index in [9.17, 15) is 0 Å². The molecule has 1 N–H and O–H groups in total. The minimum absolute atomic E-state index is 0.0480. The summed E-state index contributed by atoms with van der Waals surface area (Å²) in [4.78, 5) is 5.09. The van der Waals surface area contributed by atoms with Crippen LogP contribution in [-0.4, -0.2) is 10.1 Å². The van der Waals surface area contributed by atoms with Gasteiger partial charge in [-0.05, 0) is 17.5 Å². The van der Waals surface area contributed by atoms with Gasteiger partial charge < -0.3 is 9.84 Å². The number of ether oxygens (including phenoxy) is 1. The zero-order valence-electron chi connectivity index (χ0n) is 8.09. The molecule has 0 saturated heterocycles. The molecular weight excluding hydrogens is 210 g/mol. The lowest BCUT2D eigenvalue weighted by Gasteiger charge is -2.07. The van der Waals surface area contributed by atoms with E-state index in [4.69, 9.17) is 9.84 Å². The van der Waals surface area contributed by atoms with Crippen molar-refractivity contribution in [3.8, 4) is 5.75 Å². The molecule has 15 heavy (non-hydrogen) atoms. The van der Waals surface area contributed by atoms with E-state index in [2.05, 4.69) is 4.98 Å². The Labute approximate surface area is 92.0 Å². The predicted molar refractivity (Wildman–Crippen MR) is 58.8 cm³/mol. The fourth-order valence-corrected chi connectivity index (χ4v) is 1.83. The highest BCUT2D eigenvalue weighted by atomic mass is 32.1. The van der Waals surface area contributed by atoms with Gasteiger partial charge in [0.1, 0.15) is 12.4 Å². The number of pyridine rings is 1. The van der Waals surface area contributed by atoms with E-state index in [0.29, 0.717) is 17.9 Å². The van der Waals surface area contributed by atoms with Crippen LogP contribution in [0, 0.1) is 0 Å². The summed E-state index contributed by atoms with van der Waals surface area (Å²) >= 11 is 1.65. The lowest BCUT2D eigenvalue weighted by atomic mass is 10.3. The summed E-state index contributed by atoms with van der Waals surface area (Å²) in [5.74, 6) is 0.695. The first kappa shape index (κ1) is 10.1. The molecule has 2 aromatic heterocycles. The molecule has 0 aliphatic rings. The largest absolute Gasteiger partial charge is 0.488 e. The second-order valence-electron chi connectivity index (χ2n) is 3.01. The third-order valence-corrected chi connectivity index (χ3v) is 2.83. The molecular formula is C11H11NO2S. The number of nitrogens with zero attached hydrogens (tertiary/aromatic N) is 1. The quantitative estimate of drug-likeness (QED) is 0.860. The summed E-state index contributed by atoms with van der Waals surface area (Å²) in [5, 5.41) is 11.1. The van der Waals surface area contributed by atoms with E-state index in [-0.39, 0.29) is 6.61 Å². The van der Waals surface area contributed by atoms with Crippen molar-refractivity contribution < 1.29 is 9.84 Å². The molecule has 2 rings (SSSR count). The third-order valence-electron chi connectivity index (χ3n) is 1.98. The number of hydrogen-bond donors (Lipinski definition) is 1. The molecule has 4 heteroatoms. The zero-order valence-corrected chi connectivity index (χ0v) is 8.91. The number of aliphatic hydroxyl groups excluding tert-OH is 1. The van der Waals surface area contributed by atoms with Crippen molar-refractivity contribution in [3.63, 3.8) is 0 Å². The van der Waals surface area contributed by atoms with Crippen molar-refractivity contribution in [3.05, 3.63) is 46.4 Å². The Morgan fingerprint density at radius 2 is 2.33 bits per heavy atom. The van der Waals surface area contributed by atoms with E-state index < -0.39 is 0 Å². The lowest BCUT2D eigenvalue weighted by Crippen LogP contribution is -1.97. The molecule has 0 bridgehead atoms. The molecule has 0 amide bonds. The first-order chi connectivity index (χ1) is 7.40. The summed E-state index contributed by atoms with van der Waals surface area (Å²) in [5.41, 5.74) is 0.717. The molecule has 0 spiro atoms. The smallest absolute Gasteiger partial charge is 0.128 e. The van der Waals surface area contributed by atoms with Gasteiger partial charge in [-0.2, -0.15) is 0 Å². The molecule has 2 heterocycles. The minimum atomic E-state index is -0.0480. The highest BCUT2D eigenvalue weighted by Gasteiger charge is 2.02. The maximum Gasteiger partial charge on any atom is 0.128 e. The van der Waals surface area contributed by atoms with E-state index in [1.807, 2.05) is 17.5 Å². The van der Waals surface area contributed by atoms with E-state index in [0.717, 1.165) is 4.88 Å². The van der Waals surface area contributed by atoms with Crippen LogP contribution in [0.4, 0.5) is 0 Å². The van der Waals surface area contributed by atoms with Gasteiger partial charge >= 0.3 is 0 Å². The standard InChI is InChI=1S/C11H11NO2S/c13-7-9-6-12-4-3-11(9)14-8-10-2-1-5-15-10/h1-6,13H,7-8H2. The van der Waals surface area contributed by atoms with Crippen LogP contribution in [0.2, 0.25) is 0 Å². The SMILES string of the molecule is OCc1cnccc1OCc1cccs1. The van der Waals surface area contributed by atoms with Gasteiger partial charge in [0.05, 0.1) is 6.61 Å². The van der Waals surface area contributed by atoms with Gasteiger partial charge in [-0.3, -0.25) is 4.98 Å². The van der Waals surface area contributed by atoms with Gasteiger partial charge in [-0.15, -0.1) is 11.3 Å². The summed E-state index contributed by atoms with van der Waals surface area (Å²) in [7, 11) is 0. The van der Waals surface area contributed by atoms with Crippen molar-refractivity contribution in [2.24, 2.45) is 0 Å². The highest BCUT2D eigenvalue weighted by molar-refractivity contribution is 7.09. The topological polar surface area (TPSA) is 42.4 Å². The molecule has 0 aliphatic carbocycles. The number of thiophene rings is 1. The Hall–Kier alpha value is -1.39. The van der Waals surface area contributed by atoms with Crippen molar-refractivity contribution >= 4 is 11.3 Å². The summed E-state index contributed by atoms with van der Waals surface area (Å²) in [6.07, 6.45) is 3.27. The maximum atomic E-state index is 9.06. The summed E-state index contributed by atoms with van der Waals surface area (Å²) in [6.45, 7) is 0.488. The van der Waals surface area contributed by atoms with Gasteiger partial charge in [0.25, 0.3) is 0 Å². The number of rotatable bonds is 4. The van der Waals surface area contributed by atoms with Crippen molar-refractivity contribution in [2.45, 2.75) is 13.2 Å². The van der Waals surface area contributed by atoms with Crippen LogP contribution < -0.4 is 4.74 Å². The molecule has 78 valence electrons. The van der Waals surface area contributed by atoms with Crippen LogP contribution in [0.15, 0.2) is 36.0 Å². The maximum absolute atomic E-state index is 9.06.